The van der Waals surface area contributed by atoms with Crippen molar-refractivity contribution in [2.24, 2.45) is 10.8 Å². The smallest absolute Gasteiger partial charge is 0.274 e. The molecule has 166 valence electrons. The summed E-state index contributed by atoms with van der Waals surface area (Å²) < 4.78 is 0. The normalized spacial score (nSPS) is 22.4. The number of nitrogens with one attached hydrogen (secondary N) is 3. The van der Waals surface area contributed by atoms with Crippen LogP contribution in [0, 0.1) is 10.8 Å². The van der Waals surface area contributed by atoms with E-state index < -0.39 is 0 Å². The highest BCUT2D eigenvalue weighted by Crippen LogP contribution is 2.75. The van der Waals surface area contributed by atoms with Crippen LogP contribution in [0.2, 0.25) is 0 Å². The first-order valence-electron chi connectivity index (χ1n) is 10.8. The Morgan fingerprint density at radius 1 is 1.00 bits per heavy atom. The molecule has 3 aliphatic rings. The van der Waals surface area contributed by atoms with E-state index in [2.05, 4.69) is 32.4 Å². The molecule has 6 rings (SSSR count). The molecule has 0 radical (unpaired) electrons. The third-order valence-electron chi connectivity index (χ3n) is 6.56. The van der Waals surface area contributed by atoms with E-state index >= 15 is 0 Å². The zero-order chi connectivity index (χ0) is 23.1. The van der Waals surface area contributed by atoms with Crippen molar-refractivity contribution in [2.45, 2.75) is 25.7 Å². The van der Waals surface area contributed by atoms with Crippen molar-refractivity contribution in [1.82, 2.24) is 15.2 Å². The number of aromatic nitrogens is 3. The molecule has 2 bridgehead atoms. The van der Waals surface area contributed by atoms with Crippen molar-refractivity contribution in [3.63, 3.8) is 0 Å². The van der Waals surface area contributed by atoms with Gasteiger partial charge in [-0.25, -0.2) is 4.98 Å². The number of H-pyrrole nitrogens is 1. The second-order valence-electron chi connectivity index (χ2n) is 9.02. The van der Waals surface area contributed by atoms with Crippen LogP contribution < -0.4 is 10.6 Å². The van der Waals surface area contributed by atoms with Gasteiger partial charge < -0.3 is 10.6 Å². The number of pyridine rings is 1. The van der Waals surface area contributed by atoms with Crippen LogP contribution in [0.5, 0.6) is 0 Å². The van der Waals surface area contributed by atoms with Crippen molar-refractivity contribution < 1.29 is 14.4 Å². The Labute approximate surface area is 190 Å². The van der Waals surface area contributed by atoms with Gasteiger partial charge in [-0.1, -0.05) is 12.6 Å². The molecule has 3 N–H and O–H groups in total. The summed E-state index contributed by atoms with van der Waals surface area (Å²) in [5.41, 5.74) is 2.55. The molecule has 3 saturated carbocycles. The van der Waals surface area contributed by atoms with Gasteiger partial charge in [-0.15, -0.1) is 0 Å². The Hall–Kier alpha value is -4.07. The summed E-state index contributed by atoms with van der Waals surface area (Å²) in [4.78, 5) is 41.3. The lowest BCUT2D eigenvalue weighted by Crippen LogP contribution is -2.67. The van der Waals surface area contributed by atoms with Crippen LogP contribution in [0.1, 0.15) is 36.2 Å². The van der Waals surface area contributed by atoms with Crippen LogP contribution in [0.4, 0.5) is 11.4 Å². The zero-order valence-corrected chi connectivity index (χ0v) is 17.9. The summed E-state index contributed by atoms with van der Waals surface area (Å²) in [6.07, 6.45) is 5.73. The number of anilines is 2. The standard InChI is InChI=1S/C25H23N5O3/c1-2-18(31)12-24-13-25(14-24,15-24)23(33)28-17-8-6-16(7-9-17)27-22(32)21-5-3-4-19(29-21)20-10-11-26-30-20/h2-11H,1,12-15H2,(H,26,30)(H,27,32)(H,28,33). The lowest BCUT2D eigenvalue weighted by Gasteiger charge is -2.69. The molecule has 0 spiro atoms. The van der Waals surface area contributed by atoms with Crippen LogP contribution in [0.25, 0.3) is 11.4 Å². The van der Waals surface area contributed by atoms with Crippen molar-refractivity contribution in [3.8, 4) is 11.4 Å². The van der Waals surface area contributed by atoms with E-state index in [-0.39, 0.29) is 34.1 Å². The molecule has 0 aliphatic heterocycles. The Bertz CT molecular complexity index is 1230. The van der Waals surface area contributed by atoms with Crippen LogP contribution in [0.3, 0.4) is 0 Å². The fraction of sp³-hybridized carbons (Fsp3) is 0.240. The Balaban J connectivity index is 1.17. The first-order chi connectivity index (χ1) is 15.9. The van der Waals surface area contributed by atoms with E-state index in [1.807, 2.05) is 0 Å². The molecule has 2 heterocycles. The lowest BCUT2D eigenvalue weighted by atomic mass is 9.34. The van der Waals surface area contributed by atoms with Crippen LogP contribution >= 0.6 is 0 Å². The van der Waals surface area contributed by atoms with Gasteiger partial charge in [0.05, 0.1) is 16.8 Å². The molecular weight excluding hydrogens is 418 g/mol. The maximum atomic E-state index is 12.7. The third kappa shape index (κ3) is 3.84. The minimum absolute atomic E-state index is 0.000517. The molecule has 8 heteroatoms. The van der Waals surface area contributed by atoms with E-state index in [1.54, 1.807) is 54.7 Å². The lowest BCUT2D eigenvalue weighted by molar-refractivity contribution is -0.204. The summed E-state index contributed by atoms with van der Waals surface area (Å²) >= 11 is 0. The average Bonchev–Trinajstić information content (AvgIpc) is 3.31. The molecule has 0 atom stereocenters. The highest BCUT2D eigenvalue weighted by atomic mass is 16.2. The number of ketones is 1. The molecule has 33 heavy (non-hydrogen) atoms. The van der Waals surface area contributed by atoms with E-state index in [9.17, 15) is 14.4 Å². The zero-order valence-electron chi connectivity index (χ0n) is 17.9. The van der Waals surface area contributed by atoms with Crippen LogP contribution in [-0.4, -0.2) is 32.8 Å². The van der Waals surface area contributed by atoms with Gasteiger partial charge in [-0.3, -0.25) is 19.5 Å². The summed E-state index contributed by atoms with van der Waals surface area (Å²) in [7, 11) is 0. The molecule has 2 amide bonds. The van der Waals surface area contributed by atoms with Gasteiger partial charge in [0.1, 0.15) is 5.69 Å². The number of carbonyl (C=O) groups excluding carboxylic acids is 3. The Kier molecular flexibility index (Phi) is 4.92. The van der Waals surface area contributed by atoms with E-state index in [1.165, 1.54) is 6.08 Å². The first kappa shape index (κ1) is 20.8. The second kappa shape index (κ2) is 7.81. The van der Waals surface area contributed by atoms with Gasteiger partial charge in [0.25, 0.3) is 5.91 Å². The number of allylic oxidation sites excluding steroid dienone is 1. The minimum Gasteiger partial charge on any atom is -0.326 e. The van der Waals surface area contributed by atoms with Crippen molar-refractivity contribution in [3.05, 3.63) is 73.1 Å². The van der Waals surface area contributed by atoms with Gasteiger partial charge in [0.15, 0.2) is 5.78 Å². The monoisotopic (exact) mass is 441 g/mol. The maximum Gasteiger partial charge on any atom is 0.274 e. The Morgan fingerprint density at radius 2 is 1.70 bits per heavy atom. The number of benzene rings is 1. The van der Waals surface area contributed by atoms with Gasteiger partial charge in [0.2, 0.25) is 5.91 Å². The average molecular weight is 441 g/mol. The predicted octanol–water partition coefficient (Wildman–Crippen LogP) is 3.98. The highest BCUT2D eigenvalue weighted by Gasteiger charge is 2.71. The predicted molar refractivity (Wildman–Crippen MR) is 123 cm³/mol. The number of hydrogen-bond donors (Lipinski definition) is 3. The number of amides is 2. The van der Waals surface area contributed by atoms with Gasteiger partial charge in [-0.05, 0) is 73.2 Å². The second-order valence-corrected chi connectivity index (χ2v) is 9.02. The number of rotatable bonds is 8. The number of nitrogens with zero attached hydrogens (tertiary/aromatic N) is 2. The number of hydrogen-bond acceptors (Lipinski definition) is 5. The molecular formula is C25H23N5O3. The summed E-state index contributed by atoms with van der Waals surface area (Å²) in [5.74, 6) is -0.294. The fourth-order valence-corrected chi connectivity index (χ4v) is 5.07. The van der Waals surface area contributed by atoms with Crippen molar-refractivity contribution in [2.75, 3.05) is 10.6 Å². The van der Waals surface area contributed by atoms with E-state index in [0.29, 0.717) is 23.5 Å². The first-order valence-corrected chi connectivity index (χ1v) is 10.8. The summed E-state index contributed by atoms with van der Waals surface area (Å²) in [6.45, 7) is 3.52. The molecule has 0 saturated heterocycles. The van der Waals surface area contributed by atoms with E-state index in [0.717, 1.165) is 25.0 Å². The van der Waals surface area contributed by atoms with E-state index in [4.69, 9.17) is 0 Å². The fourth-order valence-electron chi connectivity index (χ4n) is 5.07. The molecule has 3 aromatic rings. The maximum absolute atomic E-state index is 12.7. The molecule has 8 nitrogen and oxygen atoms in total. The highest BCUT2D eigenvalue weighted by molar-refractivity contribution is 6.03. The summed E-state index contributed by atoms with van der Waals surface area (Å²) in [5, 5.41) is 12.5. The molecule has 2 aromatic heterocycles. The quantitative estimate of drug-likeness (QED) is 0.457. The number of aromatic amines is 1. The topological polar surface area (TPSA) is 117 Å². The number of carbonyl (C=O) groups is 3. The molecule has 0 unspecified atom stereocenters. The largest absolute Gasteiger partial charge is 0.326 e. The van der Waals surface area contributed by atoms with Gasteiger partial charge in [0, 0.05) is 24.0 Å². The minimum atomic E-state index is -0.348. The van der Waals surface area contributed by atoms with Gasteiger partial charge in [-0.2, -0.15) is 5.10 Å². The van der Waals surface area contributed by atoms with Gasteiger partial charge >= 0.3 is 0 Å². The SMILES string of the molecule is C=CC(=O)CC12CC(C(=O)Nc3ccc(NC(=O)c4cccc(-c5ccn[nH]5)n4)cc3)(C1)C2. The third-order valence-corrected chi connectivity index (χ3v) is 6.56. The van der Waals surface area contributed by atoms with Crippen LogP contribution in [-0.2, 0) is 9.59 Å². The molecule has 1 aromatic carbocycles. The van der Waals surface area contributed by atoms with Crippen molar-refractivity contribution in [1.29, 1.82) is 0 Å². The molecule has 3 aliphatic carbocycles. The summed E-state index contributed by atoms with van der Waals surface area (Å²) in [6, 6.07) is 14.0. The molecule has 3 fully saturated rings. The van der Waals surface area contributed by atoms with Crippen molar-refractivity contribution >= 4 is 29.0 Å². The Morgan fingerprint density at radius 3 is 2.33 bits per heavy atom. The van der Waals surface area contributed by atoms with Crippen LogP contribution in [0.15, 0.2) is 67.4 Å².